The van der Waals surface area contributed by atoms with Crippen LogP contribution in [0.15, 0.2) is 0 Å². The predicted octanol–water partition coefficient (Wildman–Crippen LogP) is 3.75. The van der Waals surface area contributed by atoms with Crippen LogP contribution in [0.4, 0.5) is 0 Å². The molecule has 1 atom stereocenters. The van der Waals surface area contributed by atoms with Gasteiger partial charge in [-0.05, 0) is 26.2 Å². The van der Waals surface area contributed by atoms with Gasteiger partial charge in [-0.25, -0.2) is 0 Å². The van der Waals surface area contributed by atoms with Gasteiger partial charge < -0.3 is 4.74 Å². The van der Waals surface area contributed by atoms with E-state index in [4.69, 9.17) is 4.74 Å². The lowest BCUT2D eigenvalue weighted by molar-refractivity contribution is -0.154. The van der Waals surface area contributed by atoms with Crippen molar-refractivity contribution in [2.24, 2.45) is 11.3 Å². The quantitative estimate of drug-likeness (QED) is 0.466. The van der Waals surface area contributed by atoms with Crippen molar-refractivity contribution in [1.82, 2.24) is 0 Å². The Morgan fingerprint density at radius 2 is 1.78 bits per heavy atom. The highest BCUT2D eigenvalue weighted by molar-refractivity contribution is 5.81. The molecule has 0 aromatic rings. The van der Waals surface area contributed by atoms with Crippen molar-refractivity contribution in [2.45, 2.75) is 66.2 Å². The largest absolute Gasteiger partial charge is 0.469 e. The van der Waals surface area contributed by atoms with Gasteiger partial charge in [0.1, 0.15) is 5.78 Å². The van der Waals surface area contributed by atoms with Crippen molar-refractivity contribution in [3.05, 3.63) is 0 Å². The molecule has 0 fully saturated rings. The van der Waals surface area contributed by atoms with Crippen LogP contribution in [-0.4, -0.2) is 18.9 Å². The van der Waals surface area contributed by atoms with Gasteiger partial charge in [-0.15, -0.1) is 0 Å². The zero-order chi connectivity index (χ0) is 14.2. The van der Waals surface area contributed by atoms with Gasteiger partial charge in [0.25, 0.3) is 0 Å². The van der Waals surface area contributed by atoms with Crippen molar-refractivity contribution in [3.8, 4) is 0 Å². The third-order valence-electron chi connectivity index (χ3n) is 3.76. The molecule has 0 heterocycles. The first-order chi connectivity index (χ1) is 8.39. The monoisotopic (exact) mass is 256 g/mol. The number of unbranched alkanes of at least 4 members (excludes halogenated alkanes) is 2. The number of rotatable bonds is 9. The Kier molecular flexibility index (Phi) is 7.88. The zero-order valence-electron chi connectivity index (χ0n) is 12.5. The Hall–Kier alpha value is -0.860. The van der Waals surface area contributed by atoms with E-state index in [9.17, 15) is 9.59 Å². The molecule has 1 unspecified atom stereocenters. The number of methoxy groups -OCH3 is 1. The molecule has 18 heavy (non-hydrogen) atoms. The summed E-state index contributed by atoms with van der Waals surface area (Å²) in [4.78, 5) is 23.5. The summed E-state index contributed by atoms with van der Waals surface area (Å²) in [7, 11) is 1.41. The van der Waals surface area contributed by atoms with Gasteiger partial charge in [0.2, 0.25) is 0 Å². The summed E-state index contributed by atoms with van der Waals surface area (Å²) in [5.41, 5.74) is -0.576. The Morgan fingerprint density at radius 3 is 2.22 bits per heavy atom. The summed E-state index contributed by atoms with van der Waals surface area (Å²) >= 11 is 0. The molecule has 0 aromatic carbocycles. The summed E-state index contributed by atoms with van der Waals surface area (Å²) in [6, 6.07) is 0. The van der Waals surface area contributed by atoms with Crippen molar-refractivity contribution < 1.29 is 14.3 Å². The van der Waals surface area contributed by atoms with Crippen molar-refractivity contribution >= 4 is 11.8 Å². The summed E-state index contributed by atoms with van der Waals surface area (Å²) in [6.07, 6.45) is 5.31. The normalized spacial score (nSPS) is 13.2. The minimum Gasteiger partial charge on any atom is -0.469 e. The first-order valence-corrected chi connectivity index (χ1v) is 7.00. The molecule has 0 saturated heterocycles. The second-order valence-electron chi connectivity index (χ2n) is 5.50. The van der Waals surface area contributed by atoms with E-state index < -0.39 is 5.41 Å². The summed E-state index contributed by atoms with van der Waals surface area (Å²) < 4.78 is 4.87. The van der Waals surface area contributed by atoms with Crippen LogP contribution < -0.4 is 0 Å². The van der Waals surface area contributed by atoms with E-state index in [1.54, 1.807) is 0 Å². The maximum absolute atomic E-state index is 11.8. The van der Waals surface area contributed by atoms with Gasteiger partial charge in [-0.3, -0.25) is 9.59 Å². The minimum absolute atomic E-state index is 0.0870. The maximum Gasteiger partial charge on any atom is 0.311 e. The lowest BCUT2D eigenvalue weighted by Gasteiger charge is -2.31. The molecule has 3 heteroatoms. The maximum atomic E-state index is 11.8. The number of carbonyl (C=O) groups is 2. The van der Waals surface area contributed by atoms with Crippen LogP contribution in [0.25, 0.3) is 0 Å². The lowest BCUT2D eigenvalue weighted by Crippen LogP contribution is -2.35. The molecule has 0 rings (SSSR count). The van der Waals surface area contributed by atoms with Gasteiger partial charge in [0.15, 0.2) is 0 Å². The van der Waals surface area contributed by atoms with Crippen LogP contribution in [-0.2, 0) is 14.3 Å². The number of hydrogen-bond acceptors (Lipinski definition) is 3. The van der Waals surface area contributed by atoms with Crippen molar-refractivity contribution in [1.29, 1.82) is 0 Å². The van der Waals surface area contributed by atoms with E-state index >= 15 is 0 Å². The zero-order valence-corrected chi connectivity index (χ0v) is 12.5. The molecule has 0 bridgehead atoms. The fourth-order valence-corrected chi connectivity index (χ4v) is 2.21. The molecule has 106 valence electrons. The molecular weight excluding hydrogens is 228 g/mol. The predicted molar refractivity (Wildman–Crippen MR) is 73.3 cm³/mol. The number of ketones is 1. The highest BCUT2D eigenvalue weighted by Gasteiger charge is 2.38. The smallest absolute Gasteiger partial charge is 0.311 e. The van der Waals surface area contributed by atoms with Crippen LogP contribution in [0, 0.1) is 11.3 Å². The van der Waals surface area contributed by atoms with E-state index in [0.717, 1.165) is 25.7 Å². The number of carbonyl (C=O) groups excluding carboxylic acids is 2. The van der Waals surface area contributed by atoms with Crippen LogP contribution >= 0.6 is 0 Å². The molecule has 0 aliphatic carbocycles. The van der Waals surface area contributed by atoms with E-state index in [1.807, 2.05) is 20.8 Å². The van der Waals surface area contributed by atoms with Crippen LogP contribution in [0.3, 0.4) is 0 Å². The minimum atomic E-state index is -0.576. The van der Waals surface area contributed by atoms with Crippen LogP contribution in [0.5, 0.6) is 0 Å². The molecule has 0 saturated carbocycles. The molecule has 0 radical (unpaired) electrons. The van der Waals surface area contributed by atoms with Gasteiger partial charge in [0, 0.05) is 12.8 Å². The Morgan fingerprint density at radius 1 is 1.17 bits per heavy atom. The highest BCUT2D eigenvalue weighted by atomic mass is 16.5. The molecule has 0 aromatic heterocycles. The second-order valence-corrected chi connectivity index (χ2v) is 5.50. The number of ether oxygens (including phenoxy) is 1. The first kappa shape index (κ1) is 17.1. The Labute approximate surface area is 111 Å². The van der Waals surface area contributed by atoms with Crippen molar-refractivity contribution in [3.63, 3.8) is 0 Å². The van der Waals surface area contributed by atoms with Gasteiger partial charge in [0.05, 0.1) is 12.5 Å². The average Bonchev–Trinajstić information content (AvgIpc) is 2.36. The SMILES string of the molecule is CCCCCC(CC(=O)CC)C(C)(C)C(=O)OC. The summed E-state index contributed by atoms with van der Waals surface area (Å²) in [5, 5.41) is 0. The lowest BCUT2D eigenvalue weighted by atomic mass is 9.73. The standard InChI is InChI=1S/C15H28O3/c1-6-8-9-10-12(11-13(16)7-2)15(3,4)14(17)18-5/h12H,6-11H2,1-5H3. The number of Topliss-reactive ketones (excluding diaryl/α,β-unsaturated/α-hetero) is 1. The third-order valence-corrected chi connectivity index (χ3v) is 3.76. The van der Waals surface area contributed by atoms with Crippen LogP contribution in [0.1, 0.15) is 66.2 Å². The topological polar surface area (TPSA) is 43.4 Å². The van der Waals surface area contributed by atoms with Crippen molar-refractivity contribution in [2.75, 3.05) is 7.11 Å². The summed E-state index contributed by atoms with van der Waals surface area (Å²) in [6.45, 7) is 7.80. The molecule has 3 nitrogen and oxygen atoms in total. The van der Waals surface area contributed by atoms with Crippen LogP contribution in [0.2, 0.25) is 0 Å². The first-order valence-electron chi connectivity index (χ1n) is 7.00. The van der Waals surface area contributed by atoms with Gasteiger partial charge >= 0.3 is 5.97 Å². The van der Waals surface area contributed by atoms with E-state index in [-0.39, 0.29) is 17.7 Å². The molecule has 0 amide bonds. The molecule has 0 N–H and O–H groups in total. The molecule has 0 aliphatic rings. The van der Waals surface area contributed by atoms with Gasteiger partial charge in [-0.1, -0.05) is 33.1 Å². The fourth-order valence-electron chi connectivity index (χ4n) is 2.21. The number of hydrogen-bond donors (Lipinski definition) is 0. The van der Waals surface area contributed by atoms with Gasteiger partial charge in [-0.2, -0.15) is 0 Å². The molecular formula is C15H28O3. The van der Waals surface area contributed by atoms with E-state index in [2.05, 4.69) is 6.92 Å². The third kappa shape index (κ3) is 5.19. The second kappa shape index (κ2) is 8.28. The van der Waals surface area contributed by atoms with E-state index in [0.29, 0.717) is 12.8 Å². The molecule has 0 spiro atoms. The highest BCUT2D eigenvalue weighted by Crippen LogP contribution is 2.35. The van der Waals surface area contributed by atoms with E-state index in [1.165, 1.54) is 7.11 Å². The Bertz CT molecular complexity index is 269. The molecule has 0 aliphatic heterocycles. The Balaban J connectivity index is 4.71. The average molecular weight is 256 g/mol. The fraction of sp³-hybridized carbons (Fsp3) is 0.867. The summed E-state index contributed by atoms with van der Waals surface area (Å²) in [5.74, 6) is 0.102. The number of esters is 1.